The number of carbonyl (C=O) groups excluding carboxylic acids is 2. The molecule has 0 aromatic carbocycles. The van der Waals surface area contributed by atoms with Crippen LogP contribution in [0.25, 0.3) is 0 Å². The van der Waals surface area contributed by atoms with Gasteiger partial charge in [-0.2, -0.15) is 0 Å². The number of carbonyl (C=O) groups is 2. The predicted molar refractivity (Wildman–Crippen MR) is 162 cm³/mol. The Bertz CT molecular complexity index is 529. The molecule has 0 heterocycles. The van der Waals surface area contributed by atoms with Crippen molar-refractivity contribution >= 4 is 11.9 Å². The lowest BCUT2D eigenvalue weighted by molar-refractivity contribution is -0.144. The van der Waals surface area contributed by atoms with Crippen LogP contribution in [0.3, 0.4) is 0 Å². The van der Waals surface area contributed by atoms with Crippen LogP contribution in [0.4, 0.5) is 0 Å². The van der Waals surface area contributed by atoms with Gasteiger partial charge in [0.1, 0.15) is 0 Å². The zero-order valence-corrected chi connectivity index (χ0v) is 25.6. The summed E-state index contributed by atoms with van der Waals surface area (Å²) in [7, 11) is 0. The Balaban J connectivity index is 3.23. The fourth-order valence-corrected chi connectivity index (χ4v) is 4.66. The Morgan fingerprint density at radius 2 is 0.789 bits per heavy atom. The van der Waals surface area contributed by atoms with Crippen LogP contribution >= 0.6 is 0 Å². The molecule has 0 aliphatic heterocycles. The van der Waals surface area contributed by atoms with Gasteiger partial charge in [-0.25, -0.2) is 0 Å². The fourth-order valence-electron chi connectivity index (χ4n) is 4.66. The molecule has 0 aliphatic rings. The normalized spacial score (nSPS) is 11.3. The molecule has 224 valence electrons. The van der Waals surface area contributed by atoms with Gasteiger partial charge in [0, 0.05) is 12.8 Å². The molecule has 0 bridgehead atoms. The molecule has 0 spiro atoms. The highest BCUT2D eigenvalue weighted by atomic mass is 16.5. The first-order chi connectivity index (χ1) is 18.7. The zero-order chi connectivity index (χ0) is 27.8. The molecule has 0 atom stereocenters. The number of ether oxygens (including phenoxy) is 2. The van der Waals surface area contributed by atoms with E-state index in [0.29, 0.717) is 26.1 Å². The molecule has 0 aromatic heterocycles. The fraction of sp³-hybridized carbons (Fsp3) is 0.882. The smallest absolute Gasteiger partial charge is 0.306 e. The standard InChI is InChI=1S/C34H64O4/c1-3-5-7-23-27-31-37-33(35)29-25-21-19-17-15-13-11-9-10-12-14-16-18-20-22-26-30-34(36)38-32-28-24-8-6-4-2/h19,21H,3-18,20,22-32H2,1-2H3/b21-19+. The van der Waals surface area contributed by atoms with Gasteiger partial charge in [0.2, 0.25) is 0 Å². The van der Waals surface area contributed by atoms with E-state index in [1.807, 2.05) is 0 Å². The quantitative estimate of drug-likeness (QED) is 0.0520. The van der Waals surface area contributed by atoms with Gasteiger partial charge < -0.3 is 9.47 Å². The summed E-state index contributed by atoms with van der Waals surface area (Å²) in [6.07, 6.45) is 34.7. The number of esters is 2. The molecule has 4 heteroatoms. The van der Waals surface area contributed by atoms with Gasteiger partial charge in [0.05, 0.1) is 13.2 Å². The minimum Gasteiger partial charge on any atom is -0.466 e. The van der Waals surface area contributed by atoms with Crippen molar-refractivity contribution in [3.05, 3.63) is 12.2 Å². The summed E-state index contributed by atoms with van der Waals surface area (Å²) in [5.74, 6) is -0.0528. The van der Waals surface area contributed by atoms with E-state index in [1.54, 1.807) is 0 Å². The van der Waals surface area contributed by atoms with E-state index in [4.69, 9.17) is 9.47 Å². The minimum atomic E-state index is -0.0502. The SMILES string of the molecule is CCCCCCCOC(=O)CC/C=C/CCCCCCCCCCCCCCC(=O)OCCCCCCC. The number of hydrogen-bond acceptors (Lipinski definition) is 4. The maximum Gasteiger partial charge on any atom is 0.306 e. The molecule has 0 fully saturated rings. The second-order valence-electron chi connectivity index (χ2n) is 11.1. The minimum absolute atomic E-state index is 0.00260. The maximum absolute atomic E-state index is 11.7. The highest BCUT2D eigenvalue weighted by Gasteiger charge is 2.03. The summed E-state index contributed by atoms with van der Waals surface area (Å²) in [5, 5.41) is 0. The summed E-state index contributed by atoms with van der Waals surface area (Å²) in [4.78, 5) is 23.4. The van der Waals surface area contributed by atoms with Crippen LogP contribution in [0.5, 0.6) is 0 Å². The second kappa shape index (κ2) is 31.9. The molecule has 4 nitrogen and oxygen atoms in total. The van der Waals surface area contributed by atoms with Crippen molar-refractivity contribution in [2.45, 2.75) is 181 Å². The predicted octanol–water partition coefficient (Wildman–Crippen LogP) is 10.8. The molecular formula is C34H64O4. The van der Waals surface area contributed by atoms with Crippen LogP contribution in [0.2, 0.25) is 0 Å². The number of rotatable bonds is 30. The van der Waals surface area contributed by atoms with Gasteiger partial charge in [-0.05, 0) is 38.5 Å². The Morgan fingerprint density at radius 3 is 1.29 bits per heavy atom. The Kier molecular flexibility index (Phi) is 30.8. The van der Waals surface area contributed by atoms with E-state index in [2.05, 4.69) is 26.0 Å². The number of unbranched alkanes of at least 4 members (excludes halogenated alkanes) is 20. The van der Waals surface area contributed by atoms with Crippen LogP contribution in [-0.4, -0.2) is 25.2 Å². The lowest BCUT2D eigenvalue weighted by Gasteiger charge is -2.05. The van der Waals surface area contributed by atoms with Crippen LogP contribution in [0.1, 0.15) is 181 Å². The molecule has 0 saturated heterocycles. The van der Waals surface area contributed by atoms with E-state index in [-0.39, 0.29) is 11.9 Å². The summed E-state index contributed by atoms with van der Waals surface area (Å²) in [5.41, 5.74) is 0. The summed E-state index contributed by atoms with van der Waals surface area (Å²) >= 11 is 0. The lowest BCUT2D eigenvalue weighted by Crippen LogP contribution is -2.05. The molecule has 0 N–H and O–H groups in total. The van der Waals surface area contributed by atoms with Gasteiger partial charge >= 0.3 is 11.9 Å². The number of hydrogen-bond donors (Lipinski definition) is 0. The summed E-state index contributed by atoms with van der Waals surface area (Å²) < 4.78 is 10.6. The third-order valence-corrected chi connectivity index (χ3v) is 7.21. The Labute approximate surface area is 237 Å². The van der Waals surface area contributed by atoms with Crippen LogP contribution in [-0.2, 0) is 19.1 Å². The molecule has 0 radical (unpaired) electrons. The Hall–Kier alpha value is -1.32. The van der Waals surface area contributed by atoms with Crippen LogP contribution in [0.15, 0.2) is 12.2 Å². The van der Waals surface area contributed by atoms with Crippen LogP contribution in [0, 0.1) is 0 Å². The van der Waals surface area contributed by atoms with Gasteiger partial charge in [0.25, 0.3) is 0 Å². The van der Waals surface area contributed by atoms with E-state index in [1.165, 1.54) is 116 Å². The molecule has 0 amide bonds. The van der Waals surface area contributed by atoms with Gasteiger partial charge in [-0.1, -0.05) is 142 Å². The van der Waals surface area contributed by atoms with Crippen LogP contribution < -0.4 is 0 Å². The summed E-state index contributed by atoms with van der Waals surface area (Å²) in [6, 6.07) is 0. The molecule has 0 rings (SSSR count). The molecular weight excluding hydrogens is 472 g/mol. The van der Waals surface area contributed by atoms with Crippen molar-refractivity contribution in [1.29, 1.82) is 0 Å². The van der Waals surface area contributed by atoms with E-state index < -0.39 is 0 Å². The van der Waals surface area contributed by atoms with E-state index in [9.17, 15) is 9.59 Å². The van der Waals surface area contributed by atoms with Crippen molar-refractivity contribution in [1.82, 2.24) is 0 Å². The first-order valence-electron chi connectivity index (χ1n) is 16.7. The molecule has 0 aliphatic carbocycles. The molecule has 0 unspecified atom stereocenters. The van der Waals surface area contributed by atoms with Crippen molar-refractivity contribution in [3.8, 4) is 0 Å². The third kappa shape index (κ3) is 30.9. The second-order valence-corrected chi connectivity index (χ2v) is 11.1. The van der Waals surface area contributed by atoms with E-state index in [0.717, 1.165) is 38.5 Å². The lowest BCUT2D eigenvalue weighted by atomic mass is 10.0. The first kappa shape index (κ1) is 36.7. The molecule has 38 heavy (non-hydrogen) atoms. The van der Waals surface area contributed by atoms with Crippen molar-refractivity contribution in [3.63, 3.8) is 0 Å². The largest absolute Gasteiger partial charge is 0.466 e. The van der Waals surface area contributed by atoms with Crippen molar-refractivity contribution in [2.24, 2.45) is 0 Å². The van der Waals surface area contributed by atoms with Crippen molar-refractivity contribution < 1.29 is 19.1 Å². The monoisotopic (exact) mass is 536 g/mol. The third-order valence-electron chi connectivity index (χ3n) is 7.21. The zero-order valence-electron chi connectivity index (χ0n) is 25.6. The Morgan fingerprint density at radius 1 is 0.421 bits per heavy atom. The molecule has 0 aromatic rings. The highest BCUT2D eigenvalue weighted by molar-refractivity contribution is 5.69. The highest BCUT2D eigenvalue weighted by Crippen LogP contribution is 2.13. The van der Waals surface area contributed by atoms with Gasteiger partial charge in [-0.3, -0.25) is 9.59 Å². The van der Waals surface area contributed by atoms with E-state index >= 15 is 0 Å². The topological polar surface area (TPSA) is 52.6 Å². The maximum atomic E-state index is 11.7. The first-order valence-corrected chi connectivity index (χ1v) is 16.7. The summed E-state index contributed by atoms with van der Waals surface area (Å²) in [6.45, 7) is 5.62. The average molecular weight is 537 g/mol. The number of allylic oxidation sites excluding steroid dienone is 2. The van der Waals surface area contributed by atoms with Gasteiger partial charge in [-0.15, -0.1) is 0 Å². The van der Waals surface area contributed by atoms with Crippen molar-refractivity contribution in [2.75, 3.05) is 13.2 Å². The molecule has 0 saturated carbocycles. The average Bonchev–Trinajstić information content (AvgIpc) is 2.91. The van der Waals surface area contributed by atoms with Gasteiger partial charge in [0.15, 0.2) is 0 Å².